The van der Waals surface area contributed by atoms with Crippen molar-refractivity contribution in [1.29, 1.82) is 0 Å². The van der Waals surface area contributed by atoms with E-state index in [0.29, 0.717) is 13.0 Å². The summed E-state index contributed by atoms with van der Waals surface area (Å²) in [5.41, 5.74) is 3.32. The Bertz CT molecular complexity index is 657. The van der Waals surface area contributed by atoms with E-state index in [2.05, 4.69) is 10.6 Å². The molecule has 2 aliphatic rings. The summed E-state index contributed by atoms with van der Waals surface area (Å²) < 4.78 is 7.98. The van der Waals surface area contributed by atoms with Crippen molar-refractivity contribution < 1.29 is 9.53 Å². The zero-order valence-electron chi connectivity index (χ0n) is 10.6. The molecular formula is C16H15NO2. The second kappa shape index (κ2) is 3.98. The Morgan fingerprint density at radius 3 is 3.00 bits per heavy atom. The van der Waals surface area contributed by atoms with Gasteiger partial charge in [-0.1, -0.05) is 18.2 Å². The van der Waals surface area contributed by atoms with Crippen LogP contribution in [-0.4, -0.2) is 17.0 Å². The normalized spacial score (nSPS) is 20.8. The summed E-state index contributed by atoms with van der Waals surface area (Å²) in [6.07, 6.45) is 4.69. The van der Waals surface area contributed by atoms with Crippen LogP contribution in [0.1, 0.15) is 40.5 Å². The number of rotatable bonds is 1. The number of para-hydroxylation sites is 1. The van der Waals surface area contributed by atoms with Crippen molar-refractivity contribution >= 4 is 5.78 Å². The Morgan fingerprint density at radius 2 is 2.05 bits per heavy atom. The number of ketones is 1. The van der Waals surface area contributed by atoms with Gasteiger partial charge in [0.05, 0.1) is 6.04 Å². The maximum absolute atomic E-state index is 11.9. The van der Waals surface area contributed by atoms with E-state index < -0.39 is 0 Å². The molecule has 1 atom stereocenters. The lowest BCUT2D eigenvalue weighted by Gasteiger charge is -2.19. The van der Waals surface area contributed by atoms with Gasteiger partial charge in [0.15, 0.2) is 5.78 Å². The van der Waals surface area contributed by atoms with Crippen molar-refractivity contribution in [3.8, 4) is 5.75 Å². The molecule has 0 amide bonds. The fourth-order valence-electron chi connectivity index (χ4n) is 3.22. The molecule has 0 bridgehead atoms. The van der Waals surface area contributed by atoms with Crippen molar-refractivity contribution in [3.63, 3.8) is 0 Å². The largest absolute Gasteiger partial charge is 0.491 e. The van der Waals surface area contributed by atoms with Crippen LogP contribution in [0.25, 0.3) is 0 Å². The van der Waals surface area contributed by atoms with E-state index in [0.717, 1.165) is 24.2 Å². The Balaban J connectivity index is 1.81. The maximum Gasteiger partial charge on any atom is 0.164 e. The molecule has 2 heterocycles. The van der Waals surface area contributed by atoms with E-state index in [9.17, 15) is 4.79 Å². The summed E-state index contributed by atoms with van der Waals surface area (Å²) in [5.74, 6) is 1.25. The lowest BCUT2D eigenvalue weighted by Crippen LogP contribution is -2.18. The molecule has 3 nitrogen and oxygen atoms in total. The van der Waals surface area contributed by atoms with Gasteiger partial charge in [-0.3, -0.25) is 4.79 Å². The van der Waals surface area contributed by atoms with Crippen molar-refractivity contribution in [1.82, 2.24) is 4.57 Å². The number of nitrogens with zero attached hydrogens (tertiary/aromatic N) is 1. The summed E-state index contributed by atoms with van der Waals surface area (Å²) in [7, 11) is 0. The highest BCUT2D eigenvalue weighted by Crippen LogP contribution is 2.37. The predicted molar refractivity (Wildman–Crippen MR) is 71.8 cm³/mol. The zero-order valence-corrected chi connectivity index (χ0v) is 10.6. The van der Waals surface area contributed by atoms with Crippen LogP contribution >= 0.6 is 0 Å². The molecule has 1 aromatic carbocycles. The molecule has 4 rings (SSSR count). The van der Waals surface area contributed by atoms with Crippen LogP contribution in [-0.2, 0) is 6.42 Å². The number of hydrogen-bond donors (Lipinski definition) is 0. The minimum Gasteiger partial charge on any atom is -0.491 e. The van der Waals surface area contributed by atoms with Gasteiger partial charge in [-0.05, 0) is 25.0 Å². The number of ether oxygens (including phenoxy) is 1. The Labute approximate surface area is 111 Å². The molecule has 1 unspecified atom stereocenters. The lowest BCUT2D eigenvalue weighted by atomic mass is 9.96. The molecule has 0 saturated heterocycles. The average molecular weight is 253 g/mol. The molecule has 0 saturated carbocycles. The number of fused-ring (bicyclic) bond motifs is 2. The molecule has 1 aromatic heterocycles. The first-order chi connectivity index (χ1) is 9.34. The van der Waals surface area contributed by atoms with Gasteiger partial charge in [-0.25, -0.2) is 0 Å². The Morgan fingerprint density at radius 1 is 1.16 bits per heavy atom. The molecule has 1 aliphatic carbocycles. The summed E-state index contributed by atoms with van der Waals surface area (Å²) in [6.45, 7) is 0.661. The number of carbonyl (C=O) groups is 1. The highest BCUT2D eigenvalue weighted by atomic mass is 16.5. The number of aromatic nitrogens is 1. The van der Waals surface area contributed by atoms with Crippen molar-refractivity contribution in [3.05, 3.63) is 53.3 Å². The Hall–Kier alpha value is -2.03. The molecule has 2 aromatic rings. The van der Waals surface area contributed by atoms with Crippen LogP contribution < -0.4 is 4.74 Å². The number of benzene rings is 1. The molecule has 19 heavy (non-hydrogen) atoms. The van der Waals surface area contributed by atoms with Crippen molar-refractivity contribution in [2.24, 2.45) is 0 Å². The SMILES string of the molecule is O=C1CCCc2c1ccn2C1COc2ccccc21. The third-order valence-electron chi connectivity index (χ3n) is 4.15. The van der Waals surface area contributed by atoms with Crippen molar-refractivity contribution in [2.45, 2.75) is 25.3 Å². The number of carbonyl (C=O) groups excluding carboxylic acids is 1. The number of Topliss-reactive ketones (excluding diaryl/α,β-unsaturated/α-hetero) is 1. The third kappa shape index (κ3) is 1.54. The van der Waals surface area contributed by atoms with Crippen LogP contribution in [0.4, 0.5) is 0 Å². The van der Waals surface area contributed by atoms with Crippen LogP contribution in [0.5, 0.6) is 5.75 Å². The first-order valence-corrected chi connectivity index (χ1v) is 6.79. The number of hydrogen-bond acceptors (Lipinski definition) is 2. The van der Waals surface area contributed by atoms with Crippen LogP contribution in [0.3, 0.4) is 0 Å². The second-order valence-corrected chi connectivity index (χ2v) is 5.22. The highest BCUT2D eigenvalue weighted by Gasteiger charge is 2.29. The van der Waals surface area contributed by atoms with Crippen LogP contribution in [0.2, 0.25) is 0 Å². The summed E-state index contributed by atoms with van der Waals surface area (Å²) in [4.78, 5) is 11.9. The summed E-state index contributed by atoms with van der Waals surface area (Å²) in [6, 6.07) is 10.3. The lowest BCUT2D eigenvalue weighted by molar-refractivity contribution is 0.0971. The monoisotopic (exact) mass is 253 g/mol. The van der Waals surface area contributed by atoms with Gasteiger partial charge in [0.25, 0.3) is 0 Å². The quantitative estimate of drug-likeness (QED) is 0.782. The van der Waals surface area contributed by atoms with E-state index in [4.69, 9.17) is 4.74 Å². The van der Waals surface area contributed by atoms with E-state index in [1.54, 1.807) is 0 Å². The van der Waals surface area contributed by atoms with E-state index in [-0.39, 0.29) is 11.8 Å². The van der Waals surface area contributed by atoms with Gasteiger partial charge in [0, 0.05) is 29.4 Å². The fraction of sp³-hybridized carbons (Fsp3) is 0.312. The highest BCUT2D eigenvalue weighted by molar-refractivity contribution is 5.98. The molecule has 0 spiro atoms. The minimum absolute atomic E-state index is 0.214. The fourth-order valence-corrected chi connectivity index (χ4v) is 3.22. The topological polar surface area (TPSA) is 31.2 Å². The summed E-state index contributed by atoms with van der Waals surface area (Å²) >= 11 is 0. The molecular weight excluding hydrogens is 238 g/mol. The van der Waals surface area contributed by atoms with E-state index in [1.807, 2.05) is 30.5 Å². The molecule has 1 aliphatic heterocycles. The second-order valence-electron chi connectivity index (χ2n) is 5.22. The first-order valence-electron chi connectivity index (χ1n) is 6.79. The minimum atomic E-state index is 0.214. The predicted octanol–water partition coefficient (Wildman–Crippen LogP) is 2.99. The third-order valence-corrected chi connectivity index (χ3v) is 4.15. The molecule has 3 heteroatoms. The summed E-state index contributed by atoms with van der Waals surface area (Å²) in [5, 5.41) is 0. The van der Waals surface area contributed by atoms with Gasteiger partial charge in [0.1, 0.15) is 12.4 Å². The van der Waals surface area contributed by atoms with Crippen LogP contribution in [0, 0.1) is 0 Å². The van der Waals surface area contributed by atoms with Gasteiger partial charge in [0.2, 0.25) is 0 Å². The van der Waals surface area contributed by atoms with Gasteiger partial charge >= 0.3 is 0 Å². The Kier molecular flexibility index (Phi) is 2.28. The average Bonchev–Trinajstić information content (AvgIpc) is 3.02. The molecule has 96 valence electrons. The van der Waals surface area contributed by atoms with Gasteiger partial charge < -0.3 is 9.30 Å². The smallest absolute Gasteiger partial charge is 0.164 e. The molecule has 0 N–H and O–H groups in total. The van der Waals surface area contributed by atoms with Gasteiger partial charge in [-0.15, -0.1) is 0 Å². The van der Waals surface area contributed by atoms with E-state index >= 15 is 0 Å². The van der Waals surface area contributed by atoms with E-state index in [1.165, 1.54) is 11.3 Å². The van der Waals surface area contributed by atoms with Crippen LogP contribution in [0.15, 0.2) is 36.5 Å². The first kappa shape index (κ1) is 10.9. The zero-order chi connectivity index (χ0) is 12.8. The molecule has 0 radical (unpaired) electrons. The van der Waals surface area contributed by atoms with Crippen molar-refractivity contribution in [2.75, 3.05) is 6.61 Å². The van der Waals surface area contributed by atoms with Gasteiger partial charge in [-0.2, -0.15) is 0 Å². The maximum atomic E-state index is 11.9. The standard InChI is InChI=1S/C16H15NO2/c18-15-6-3-5-13-11(15)8-9-17(13)14-10-19-16-7-2-1-4-12(14)16/h1-2,4,7-9,14H,3,5-6,10H2. The molecule has 0 fully saturated rings.